The van der Waals surface area contributed by atoms with Gasteiger partial charge in [0.15, 0.2) is 5.82 Å². The first-order valence-corrected chi connectivity index (χ1v) is 11.6. The van der Waals surface area contributed by atoms with Crippen LogP contribution in [-0.4, -0.2) is 29.2 Å². The summed E-state index contributed by atoms with van der Waals surface area (Å²) >= 11 is 6.39. The molecule has 1 aliphatic rings. The summed E-state index contributed by atoms with van der Waals surface area (Å²) in [6, 6.07) is 10.6. The molecule has 0 aliphatic carbocycles. The van der Waals surface area contributed by atoms with Crippen LogP contribution in [0.15, 0.2) is 42.6 Å². The highest BCUT2D eigenvalue weighted by molar-refractivity contribution is 6.32. The third-order valence-electron chi connectivity index (χ3n) is 5.63. The van der Waals surface area contributed by atoms with E-state index in [1.807, 2.05) is 13.8 Å². The molecule has 2 heterocycles. The molecule has 8 heteroatoms. The molecule has 0 saturated carbocycles. The number of para-hydroxylation sites is 1. The number of benzene rings is 2. The second-order valence-electron chi connectivity index (χ2n) is 8.52. The summed E-state index contributed by atoms with van der Waals surface area (Å²) in [4.78, 5) is 8.65. The maximum absolute atomic E-state index is 14.0. The number of nitrogens with one attached hydrogen (secondary N) is 3. The van der Waals surface area contributed by atoms with Crippen LogP contribution in [0.3, 0.4) is 0 Å². The Morgan fingerprint density at radius 3 is 2.61 bits per heavy atom. The average Bonchev–Trinajstić information content (AvgIpc) is 2.79. The van der Waals surface area contributed by atoms with Crippen molar-refractivity contribution in [1.82, 2.24) is 15.3 Å². The van der Waals surface area contributed by atoms with Crippen molar-refractivity contribution in [2.24, 2.45) is 0 Å². The lowest BCUT2D eigenvalue weighted by Gasteiger charge is -2.26. The van der Waals surface area contributed by atoms with Gasteiger partial charge < -0.3 is 20.7 Å². The monoisotopic (exact) mass is 469 g/mol. The van der Waals surface area contributed by atoms with Crippen molar-refractivity contribution in [3.8, 4) is 5.75 Å². The summed E-state index contributed by atoms with van der Waals surface area (Å²) in [6.07, 6.45) is 3.71. The van der Waals surface area contributed by atoms with Crippen LogP contribution in [0, 0.1) is 12.7 Å². The zero-order valence-electron chi connectivity index (χ0n) is 19.1. The SMILES string of the molecule is Cc1cc(Nc2nc(Nc3ccccc3F)ncc2Cl)c(OC(C)C)cc1C1CCNCC1. The fourth-order valence-corrected chi connectivity index (χ4v) is 4.19. The minimum atomic E-state index is -0.387. The van der Waals surface area contributed by atoms with E-state index in [4.69, 9.17) is 16.3 Å². The molecule has 0 atom stereocenters. The molecule has 174 valence electrons. The van der Waals surface area contributed by atoms with Gasteiger partial charge in [0.25, 0.3) is 0 Å². The number of aryl methyl sites for hydroxylation is 1. The number of hydrogen-bond acceptors (Lipinski definition) is 6. The molecule has 0 bridgehead atoms. The Morgan fingerprint density at radius 2 is 1.88 bits per heavy atom. The second-order valence-corrected chi connectivity index (χ2v) is 8.92. The van der Waals surface area contributed by atoms with Gasteiger partial charge in [-0.15, -0.1) is 0 Å². The van der Waals surface area contributed by atoms with Crippen molar-refractivity contribution in [2.45, 2.75) is 45.6 Å². The van der Waals surface area contributed by atoms with Crippen molar-refractivity contribution in [1.29, 1.82) is 0 Å². The molecular weight excluding hydrogens is 441 g/mol. The summed E-state index contributed by atoms with van der Waals surface area (Å²) in [6.45, 7) is 8.18. The molecular formula is C25H29ClFN5O. The molecule has 3 aromatic rings. The van der Waals surface area contributed by atoms with Gasteiger partial charge in [-0.2, -0.15) is 4.98 Å². The van der Waals surface area contributed by atoms with Crippen molar-refractivity contribution in [3.05, 3.63) is 64.6 Å². The van der Waals surface area contributed by atoms with E-state index in [0.29, 0.717) is 16.8 Å². The van der Waals surface area contributed by atoms with Crippen molar-refractivity contribution in [3.63, 3.8) is 0 Å². The summed E-state index contributed by atoms with van der Waals surface area (Å²) in [5.74, 6) is 1.52. The van der Waals surface area contributed by atoms with Crippen LogP contribution in [0.1, 0.15) is 43.7 Å². The Hall–Kier alpha value is -2.90. The first-order chi connectivity index (χ1) is 15.9. The van der Waals surface area contributed by atoms with Crippen LogP contribution in [-0.2, 0) is 0 Å². The van der Waals surface area contributed by atoms with E-state index in [1.54, 1.807) is 18.2 Å². The lowest BCUT2D eigenvalue weighted by molar-refractivity contribution is 0.243. The van der Waals surface area contributed by atoms with Crippen LogP contribution < -0.4 is 20.7 Å². The first kappa shape index (κ1) is 23.3. The highest BCUT2D eigenvalue weighted by Crippen LogP contribution is 2.38. The second kappa shape index (κ2) is 10.4. The van der Waals surface area contributed by atoms with Gasteiger partial charge in [-0.05, 0) is 88.0 Å². The van der Waals surface area contributed by atoms with Gasteiger partial charge >= 0.3 is 0 Å². The highest BCUT2D eigenvalue weighted by Gasteiger charge is 2.21. The molecule has 1 saturated heterocycles. The average molecular weight is 470 g/mol. The summed E-state index contributed by atoms with van der Waals surface area (Å²) in [5.41, 5.74) is 3.57. The maximum atomic E-state index is 14.0. The predicted molar refractivity (Wildman–Crippen MR) is 132 cm³/mol. The third kappa shape index (κ3) is 5.72. The number of nitrogens with zero attached hydrogens (tertiary/aromatic N) is 2. The maximum Gasteiger partial charge on any atom is 0.229 e. The van der Waals surface area contributed by atoms with Gasteiger partial charge in [0, 0.05) is 0 Å². The van der Waals surface area contributed by atoms with E-state index in [-0.39, 0.29) is 23.6 Å². The molecule has 0 unspecified atom stereocenters. The number of piperidine rings is 1. The smallest absolute Gasteiger partial charge is 0.229 e. The molecule has 2 aromatic carbocycles. The highest BCUT2D eigenvalue weighted by atomic mass is 35.5. The van der Waals surface area contributed by atoms with Crippen LogP contribution in [0.5, 0.6) is 5.75 Å². The van der Waals surface area contributed by atoms with Gasteiger partial charge in [-0.3, -0.25) is 0 Å². The zero-order chi connectivity index (χ0) is 23.4. The van der Waals surface area contributed by atoms with Crippen LogP contribution >= 0.6 is 11.6 Å². The fourth-order valence-electron chi connectivity index (χ4n) is 4.05. The van der Waals surface area contributed by atoms with Gasteiger partial charge in [0.05, 0.1) is 23.7 Å². The molecule has 6 nitrogen and oxygen atoms in total. The van der Waals surface area contributed by atoms with Crippen LogP contribution in [0.2, 0.25) is 5.02 Å². The van der Waals surface area contributed by atoms with Gasteiger partial charge in [0.2, 0.25) is 5.95 Å². The number of hydrogen-bond donors (Lipinski definition) is 3. The van der Waals surface area contributed by atoms with Gasteiger partial charge in [-0.1, -0.05) is 23.7 Å². The molecule has 0 spiro atoms. The van der Waals surface area contributed by atoms with Crippen molar-refractivity contribution < 1.29 is 9.13 Å². The third-order valence-corrected chi connectivity index (χ3v) is 5.90. The number of aromatic nitrogens is 2. The topological polar surface area (TPSA) is 71.1 Å². The molecule has 1 aromatic heterocycles. The minimum absolute atomic E-state index is 0.00767. The summed E-state index contributed by atoms with van der Waals surface area (Å²) < 4.78 is 20.2. The standard InChI is InChI=1S/C25H29ClFN5O/c1-15(2)33-23-13-18(17-8-10-28-11-9-17)16(3)12-22(23)30-24-19(26)14-29-25(32-24)31-21-7-5-4-6-20(21)27/h4-7,12-15,17,28H,8-11H2,1-3H3,(H2,29,30,31,32). The molecule has 3 N–H and O–H groups in total. The largest absolute Gasteiger partial charge is 0.489 e. The lowest BCUT2D eigenvalue weighted by Crippen LogP contribution is -2.27. The minimum Gasteiger partial charge on any atom is -0.489 e. The Labute approximate surface area is 198 Å². The molecule has 1 aliphatic heterocycles. The quantitative estimate of drug-likeness (QED) is 0.376. The molecule has 4 rings (SSSR count). The van der Waals surface area contributed by atoms with E-state index in [2.05, 4.69) is 45.0 Å². The molecule has 33 heavy (non-hydrogen) atoms. The molecule has 1 fully saturated rings. The van der Waals surface area contributed by atoms with E-state index in [1.165, 1.54) is 23.4 Å². The van der Waals surface area contributed by atoms with E-state index < -0.39 is 0 Å². The van der Waals surface area contributed by atoms with Crippen LogP contribution in [0.4, 0.5) is 27.5 Å². The number of ether oxygens (including phenoxy) is 1. The Kier molecular flexibility index (Phi) is 7.30. The molecule has 0 radical (unpaired) electrons. The first-order valence-electron chi connectivity index (χ1n) is 11.2. The van der Waals surface area contributed by atoms with E-state index in [0.717, 1.165) is 37.4 Å². The summed E-state index contributed by atoms with van der Waals surface area (Å²) in [7, 11) is 0. The van der Waals surface area contributed by atoms with Crippen molar-refractivity contribution >= 4 is 34.7 Å². The Balaban J connectivity index is 1.64. The van der Waals surface area contributed by atoms with Crippen molar-refractivity contribution in [2.75, 3.05) is 23.7 Å². The lowest BCUT2D eigenvalue weighted by atomic mass is 9.87. The van der Waals surface area contributed by atoms with Gasteiger partial charge in [0.1, 0.15) is 16.6 Å². The normalized spacial score (nSPS) is 14.4. The Bertz CT molecular complexity index is 1120. The number of rotatable bonds is 7. The predicted octanol–water partition coefficient (Wildman–Crippen LogP) is 6.32. The van der Waals surface area contributed by atoms with Gasteiger partial charge in [-0.25, -0.2) is 9.37 Å². The zero-order valence-corrected chi connectivity index (χ0v) is 19.8. The summed E-state index contributed by atoms with van der Waals surface area (Å²) in [5, 5.41) is 9.98. The Morgan fingerprint density at radius 1 is 1.12 bits per heavy atom. The van der Waals surface area contributed by atoms with Crippen LogP contribution in [0.25, 0.3) is 0 Å². The molecule has 0 amide bonds. The number of halogens is 2. The van der Waals surface area contributed by atoms with E-state index >= 15 is 0 Å². The van der Waals surface area contributed by atoms with E-state index in [9.17, 15) is 4.39 Å². The fraction of sp³-hybridized carbons (Fsp3) is 0.360. The number of anilines is 4.